The quantitative estimate of drug-likeness (QED) is 0.592. The van der Waals surface area contributed by atoms with E-state index < -0.39 is 24.2 Å². The van der Waals surface area contributed by atoms with Gasteiger partial charge in [0.05, 0.1) is 31.1 Å². The monoisotopic (exact) mass is 456 g/mol. The number of amides is 2. The topological polar surface area (TPSA) is 108 Å². The smallest absolute Gasteiger partial charge is 0.247 e. The number of ether oxygens (including phenoxy) is 2. The highest BCUT2D eigenvalue weighted by Crippen LogP contribution is 2.47. The number of hydrogen-bond donors (Lipinski definition) is 3. The molecule has 0 radical (unpaired) electrons. The number of nitrogens with zero attached hydrogens (tertiary/aromatic N) is 1. The molecule has 5 rings (SSSR count). The second-order valence-corrected chi connectivity index (χ2v) is 9.42. The molecule has 8 heteroatoms. The van der Waals surface area contributed by atoms with Crippen LogP contribution in [0.5, 0.6) is 5.75 Å². The Labute approximate surface area is 193 Å². The lowest BCUT2D eigenvalue weighted by Crippen LogP contribution is -2.59. The maximum Gasteiger partial charge on any atom is 0.247 e. The van der Waals surface area contributed by atoms with E-state index in [0.29, 0.717) is 31.0 Å². The van der Waals surface area contributed by atoms with E-state index in [-0.39, 0.29) is 36.9 Å². The first-order valence-corrected chi connectivity index (χ1v) is 12.0. The summed E-state index contributed by atoms with van der Waals surface area (Å²) in [6, 6.07) is 6.87. The Morgan fingerprint density at radius 2 is 1.94 bits per heavy atom. The van der Waals surface area contributed by atoms with Gasteiger partial charge >= 0.3 is 0 Å². The van der Waals surface area contributed by atoms with Gasteiger partial charge in [-0.3, -0.25) is 9.59 Å². The predicted molar refractivity (Wildman–Crippen MR) is 120 cm³/mol. The number of nitrogens with one attached hydrogen (secondary N) is 1. The number of hydrogen-bond acceptors (Lipinski definition) is 6. The van der Waals surface area contributed by atoms with Gasteiger partial charge in [-0.2, -0.15) is 0 Å². The summed E-state index contributed by atoms with van der Waals surface area (Å²) in [5.74, 6) is -0.321. The number of benzene rings is 1. The summed E-state index contributed by atoms with van der Waals surface area (Å²) < 4.78 is 11.7. The van der Waals surface area contributed by atoms with E-state index in [0.717, 1.165) is 31.2 Å². The number of rotatable bonds is 6. The second kappa shape index (κ2) is 9.44. The molecule has 33 heavy (non-hydrogen) atoms. The first-order valence-electron chi connectivity index (χ1n) is 12.0. The summed E-state index contributed by atoms with van der Waals surface area (Å²) in [7, 11) is 0. The molecular formula is C25H32N2O6. The van der Waals surface area contributed by atoms with Crippen LogP contribution in [0.3, 0.4) is 0 Å². The van der Waals surface area contributed by atoms with E-state index in [1.165, 1.54) is 0 Å². The molecule has 5 unspecified atom stereocenters. The third kappa shape index (κ3) is 4.05. The summed E-state index contributed by atoms with van der Waals surface area (Å²) in [6.45, 7) is 0.927. The van der Waals surface area contributed by atoms with Gasteiger partial charge in [0.1, 0.15) is 18.0 Å². The second-order valence-electron chi connectivity index (χ2n) is 9.42. The van der Waals surface area contributed by atoms with Gasteiger partial charge in [-0.05, 0) is 31.4 Å². The zero-order valence-electron chi connectivity index (χ0n) is 18.7. The van der Waals surface area contributed by atoms with E-state index in [1.54, 1.807) is 6.08 Å². The molecule has 2 amide bonds. The van der Waals surface area contributed by atoms with Crippen LogP contribution in [0.4, 0.5) is 0 Å². The Balaban J connectivity index is 1.54. The molecule has 2 aliphatic heterocycles. The minimum Gasteiger partial charge on any atom is -0.486 e. The van der Waals surface area contributed by atoms with Crippen molar-refractivity contribution in [3.8, 4) is 5.75 Å². The lowest BCUT2D eigenvalue weighted by molar-refractivity contribution is -0.144. The lowest BCUT2D eigenvalue weighted by atomic mass is 9.77. The summed E-state index contributed by atoms with van der Waals surface area (Å²) in [4.78, 5) is 28.7. The molecule has 5 atom stereocenters. The van der Waals surface area contributed by atoms with Crippen molar-refractivity contribution >= 4 is 11.8 Å². The number of para-hydroxylation sites is 1. The average Bonchev–Trinajstić information content (AvgIpc) is 3.60. The Bertz CT molecular complexity index is 921. The van der Waals surface area contributed by atoms with E-state index >= 15 is 0 Å². The lowest BCUT2D eigenvalue weighted by Gasteiger charge is -2.44. The van der Waals surface area contributed by atoms with Gasteiger partial charge < -0.3 is 29.9 Å². The summed E-state index contributed by atoms with van der Waals surface area (Å²) in [5, 5.41) is 23.5. The molecule has 4 aliphatic rings. The minimum atomic E-state index is -0.969. The van der Waals surface area contributed by atoms with Crippen molar-refractivity contribution in [2.45, 2.75) is 62.3 Å². The van der Waals surface area contributed by atoms with Crippen LogP contribution in [0.1, 0.15) is 43.6 Å². The maximum absolute atomic E-state index is 13.7. The maximum atomic E-state index is 13.7. The van der Waals surface area contributed by atoms with Crippen LogP contribution in [0.25, 0.3) is 0 Å². The normalized spacial score (nSPS) is 30.8. The van der Waals surface area contributed by atoms with E-state index in [2.05, 4.69) is 5.32 Å². The fourth-order valence-electron chi connectivity index (χ4n) is 5.85. The van der Waals surface area contributed by atoms with Gasteiger partial charge in [0.25, 0.3) is 0 Å². The molecule has 1 aromatic rings. The molecule has 1 saturated heterocycles. The standard InChI is InChI=1S/C25H32N2O6/c28-11-10-26-24(30)18-13-19(22(29)23-21(18)17-7-3-4-8-20(17)33-23)27(16-5-1-2-6-16)25(31)15-9-12-32-14-15/h3-4,7-8,13,15-16,19,21-23,28-29H,1-2,5-6,9-12,14H2,(H,26,30). The summed E-state index contributed by atoms with van der Waals surface area (Å²) >= 11 is 0. The van der Waals surface area contributed by atoms with Crippen molar-refractivity contribution < 1.29 is 29.3 Å². The predicted octanol–water partition coefficient (Wildman–Crippen LogP) is 1.12. The molecule has 0 aromatic heterocycles. The van der Waals surface area contributed by atoms with Gasteiger partial charge in [0.2, 0.25) is 11.8 Å². The third-order valence-corrected chi connectivity index (χ3v) is 7.45. The molecule has 178 valence electrons. The van der Waals surface area contributed by atoms with Crippen molar-refractivity contribution in [1.82, 2.24) is 10.2 Å². The Morgan fingerprint density at radius 3 is 2.67 bits per heavy atom. The average molecular weight is 457 g/mol. The fraction of sp³-hybridized carbons (Fsp3) is 0.600. The van der Waals surface area contributed by atoms with Crippen LogP contribution in [-0.4, -0.2) is 77.6 Å². The number of carbonyl (C=O) groups excluding carboxylic acids is 2. The number of carbonyl (C=O) groups is 2. The SMILES string of the molecule is O=C(NCCO)C1=CC(N(C(=O)C2CCOC2)C2CCCC2)C(O)C2Oc3ccccc3C12. The Morgan fingerprint density at radius 1 is 1.15 bits per heavy atom. The van der Waals surface area contributed by atoms with Crippen molar-refractivity contribution in [1.29, 1.82) is 0 Å². The number of fused-ring (bicyclic) bond motifs is 3. The van der Waals surface area contributed by atoms with Crippen molar-refractivity contribution in [3.63, 3.8) is 0 Å². The van der Waals surface area contributed by atoms with Crippen LogP contribution in [0.2, 0.25) is 0 Å². The van der Waals surface area contributed by atoms with Gasteiger partial charge in [0, 0.05) is 30.3 Å². The minimum absolute atomic E-state index is 0.0104. The molecule has 0 bridgehead atoms. The van der Waals surface area contributed by atoms with Crippen LogP contribution < -0.4 is 10.1 Å². The molecule has 3 N–H and O–H groups in total. The van der Waals surface area contributed by atoms with Crippen LogP contribution in [0.15, 0.2) is 35.9 Å². The highest BCUT2D eigenvalue weighted by Gasteiger charge is 2.52. The molecule has 0 spiro atoms. The Kier molecular flexibility index (Phi) is 6.40. The largest absolute Gasteiger partial charge is 0.486 e. The van der Waals surface area contributed by atoms with Gasteiger partial charge in [-0.1, -0.05) is 31.0 Å². The zero-order chi connectivity index (χ0) is 22.9. The van der Waals surface area contributed by atoms with Crippen LogP contribution in [0, 0.1) is 5.92 Å². The van der Waals surface area contributed by atoms with Gasteiger partial charge in [0.15, 0.2) is 0 Å². The van der Waals surface area contributed by atoms with E-state index in [1.807, 2.05) is 29.2 Å². The molecule has 2 heterocycles. The van der Waals surface area contributed by atoms with Gasteiger partial charge in [-0.25, -0.2) is 0 Å². The van der Waals surface area contributed by atoms with Crippen LogP contribution in [-0.2, 0) is 14.3 Å². The first-order chi connectivity index (χ1) is 16.1. The summed E-state index contributed by atoms with van der Waals surface area (Å²) in [6.07, 6.45) is 4.67. The highest BCUT2D eigenvalue weighted by atomic mass is 16.5. The van der Waals surface area contributed by atoms with Crippen LogP contribution >= 0.6 is 0 Å². The van der Waals surface area contributed by atoms with E-state index in [9.17, 15) is 19.8 Å². The number of aliphatic hydroxyl groups is 2. The molecule has 2 fully saturated rings. The van der Waals surface area contributed by atoms with Crippen molar-refractivity contribution in [2.75, 3.05) is 26.4 Å². The first kappa shape index (κ1) is 22.4. The Hall–Kier alpha value is -2.42. The number of aliphatic hydroxyl groups excluding tert-OH is 2. The molecule has 1 saturated carbocycles. The van der Waals surface area contributed by atoms with E-state index in [4.69, 9.17) is 9.47 Å². The van der Waals surface area contributed by atoms with Crippen molar-refractivity contribution in [3.05, 3.63) is 41.5 Å². The van der Waals surface area contributed by atoms with Crippen molar-refractivity contribution in [2.24, 2.45) is 5.92 Å². The highest BCUT2D eigenvalue weighted by molar-refractivity contribution is 5.96. The zero-order valence-corrected chi connectivity index (χ0v) is 18.7. The molecule has 8 nitrogen and oxygen atoms in total. The fourth-order valence-corrected chi connectivity index (χ4v) is 5.85. The third-order valence-electron chi connectivity index (χ3n) is 7.45. The molecular weight excluding hydrogens is 424 g/mol. The molecule has 1 aromatic carbocycles. The molecule has 2 aliphatic carbocycles. The van der Waals surface area contributed by atoms with Gasteiger partial charge in [-0.15, -0.1) is 0 Å². The summed E-state index contributed by atoms with van der Waals surface area (Å²) in [5.41, 5.74) is 1.33.